The van der Waals surface area contributed by atoms with E-state index in [9.17, 15) is 26.4 Å². The molecule has 2 rings (SSSR count). The van der Waals surface area contributed by atoms with Gasteiger partial charge in [-0.1, -0.05) is 12.1 Å². The molecule has 1 aliphatic heterocycles. The summed E-state index contributed by atoms with van der Waals surface area (Å²) < 4.78 is 64.6. The molecule has 0 radical (unpaired) electrons. The van der Waals surface area contributed by atoms with Gasteiger partial charge in [0.15, 0.2) is 0 Å². The third-order valence-electron chi connectivity index (χ3n) is 3.40. The fraction of sp³-hybridized carbons (Fsp3) is 0.462. The summed E-state index contributed by atoms with van der Waals surface area (Å²) in [5.74, 6) is -1.75. The maximum atomic E-state index is 12.9. The molecular formula is C13H15F3N2O4S. The SMILES string of the molecule is O=C(O)CC(NS(=O)(=O)c1cccc2c1NCCC2)C(F)(F)F. The van der Waals surface area contributed by atoms with Crippen molar-refractivity contribution in [1.29, 1.82) is 0 Å². The first-order valence-electron chi connectivity index (χ1n) is 6.78. The predicted molar refractivity (Wildman–Crippen MR) is 75.7 cm³/mol. The number of nitrogens with one attached hydrogen (secondary N) is 2. The Bertz CT molecular complexity index is 704. The third kappa shape index (κ3) is 4.14. The molecule has 0 aromatic heterocycles. The van der Waals surface area contributed by atoms with E-state index in [1.165, 1.54) is 16.9 Å². The summed E-state index contributed by atoms with van der Waals surface area (Å²) in [6.07, 6.45) is -4.99. The van der Waals surface area contributed by atoms with Gasteiger partial charge in [0.25, 0.3) is 0 Å². The fourth-order valence-electron chi connectivity index (χ4n) is 2.35. The lowest BCUT2D eigenvalue weighted by Crippen LogP contribution is -2.46. The van der Waals surface area contributed by atoms with Crippen LogP contribution in [0.15, 0.2) is 23.1 Å². The van der Waals surface area contributed by atoms with Gasteiger partial charge in [0.2, 0.25) is 10.0 Å². The number of anilines is 1. The minimum atomic E-state index is -5.01. The van der Waals surface area contributed by atoms with E-state index in [2.05, 4.69) is 5.32 Å². The van der Waals surface area contributed by atoms with Crippen molar-refractivity contribution in [2.45, 2.75) is 36.4 Å². The van der Waals surface area contributed by atoms with Gasteiger partial charge in [0.1, 0.15) is 10.9 Å². The van der Waals surface area contributed by atoms with Crippen LogP contribution in [0, 0.1) is 0 Å². The van der Waals surface area contributed by atoms with E-state index in [4.69, 9.17) is 5.11 Å². The summed E-state index contributed by atoms with van der Waals surface area (Å²) in [6.45, 7) is 0.511. The van der Waals surface area contributed by atoms with Gasteiger partial charge in [-0.15, -0.1) is 0 Å². The Morgan fingerprint density at radius 1 is 1.39 bits per heavy atom. The number of sulfonamides is 1. The molecule has 0 saturated heterocycles. The number of fused-ring (bicyclic) bond motifs is 1. The molecule has 1 aromatic rings. The van der Waals surface area contributed by atoms with Crippen LogP contribution in [0.3, 0.4) is 0 Å². The number of halogens is 3. The van der Waals surface area contributed by atoms with Gasteiger partial charge in [0, 0.05) is 6.54 Å². The molecule has 1 atom stereocenters. The van der Waals surface area contributed by atoms with Gasteiger partial charge >= 0.3 is 12.1 Å². The fourth-order valence-corrected chi connectivity index (χ4v) is 3.80. The topological polar surface area (TPSA) is 95.5 Å². The molecule has 23 heavy (non-hydrogen) atoms. The summed E-state index contributed by atoms with van der Waals surface area (Å²) in [5.41, 5.74) is 0.961. The largest absolute Gasteiger partial charge is 0.481 e. The molecule has 1 aliphatic rings. The standard InChI is InChI=1S/C13H15F3N2O4S/c14-13(15,16)10(7-11(19)20)18-23(21,22)9-5-1-3-8-4-2-6-17-12(8)9/h1,3,5,10,17-18H,2,4,6-7H2,(H,19,20). The van der Waals surface area contributed by atoms with Crippen molar-refractivity contribution in [3.63, 3.8) is 0 Å². The molecule has 1 heterocycles. The smallest absolute Gasteiger partial charge is 0.405 e. The van der Waals surface area contributed by atoms with Crippen molar-refractivity contribution in [1.82, 2.24) is 4.72 Å². The lowest BCUT2D eigenvalue weighted by Gasteiger charge is -2.24. The molecule has 0 fully saturated rings. The zero-order valence-corrected chi connectivity index (χ0v) is 12.7. The van der Waals surface area contributed by atoms with Crippen LogP contribution in [0.5, 0.6) is 0 Å². The average Bonchev–Trinajstić information content (AvgIpc) is 2.44. The molecule has 1 aromatic carbocycles. The molecule has 6 nitrogen and oxygen atoms in total. The first-order valence-corrected chi connectivity index (χ1v) is 8.26. The number of benzene rings is 1. The summed E-state index contributed by atoms with van der Waals surface area (Å²) in [7, 11) is -4.53. The quantitative estimate of drug-likeness (QED) is 0.750. The second-order valence-corrected chi connectivity index (χ2v) is 6.82. The predicted octanol–water partition coefficient (Wildman–Crippen LogP) is 1.73. The molecule has 128 valence electrons. The Morgan fingerprint density at radius 3 is 2.70 bits per heavy atom. The number of aryl methyl sites for hydroxylation is 1. The summed E-state index contributed by atoms with van der Waals surface area (Å²) in [4.78, 5) is 10.3. The van der Waals surface area contributed by atoms with Crippen LogP contribution >= 0.6 is 0 Å². The highest BCUT2D eigenvalue weighted by atomic mass is 32.2. The van der Waals surface area contributed by atoms with Crippen molar-refractivity contribution in [3.8, 4) is 0 Å². The lowest BCUT2D eigenvalue weighted by molar-refractivity contribution is -0.163. The monoisotopic (exact) mass is 352 g/mol. The highest BCUT2D eigenvalue weighted by molar-refractivity contribution is 7.89. The van der Waals surface area contributed by atoms with E-state index < -0.39 is 34.6 Å². The maximum absolute atomic E-state index is 12.9. The maximum Gasteiger partial charge on any atom is 0.405 e. The Kier molecular flexibility index (Phi) is 4.85. The first kappa shape index (κ1) is 17.5. The number of para-hydroxylation sites is 1. The Labute approximate surface area is 130 Å². The molecule has 0 aliphatic carbocycles. The molecular weight excluding hydrogens is 337 g/mol. The first-order chi connectivity index (χ1) is 10.6. The van der Waals surface area contributed by atoms with Gasteiger partial charge in [-0.3, -0.25) is 4.79 Å². The van der Waals surface area contributed by atoms with Crippen molar-refractivity contribution in [3.05, 3.63) is 23.8 Å². The number of hydrogen-bond acceptors (Lipinski definition) is 4. The van der Waals surface area contributed by atoms with Gasteiger partial charge in [0.05, 0.1) is 12.1 Å². The van der Waals surface area contributed by atoms with Crippen LogP contribution in [-0.4, -0.2) is 38.3 Å². The van der Waals surface area contributed by atoms with E-state index >= 15 is 0 Å². The van der Waals surface area contributed by atoms with E-state index in [1.54, 1.807) is 6.07 Å². The molecule has 3 N–H and O–H groups in total. The highest BCUT2D eigenvalue weighted by Crippen LogP contribution is 2.31. The van der Waals surface area contributed by atoms with Crippen molar-refractivity contribution in [2.75, 3.05) is 11.9 Å². The van der Waals surface area contributed by atoms with E-state index in [0.717, 1.165) is 6.42 Å². The van der Waals surface area contributed by atoms with Crippen LogP contribution in [0.2, 0.25) is 0 Å². The van der Waals surface area contributed by atoms with E-state index in [-0.39, 0.29) is 10.6 Å². The van der Waals surface area contributed by atoms with Crippen molar-refractivity contribution >= 4 is 21.7 Å². The summed E-state index contributed by atoms with van der Waals surface area (Å²) >= 11 is 0. The zero-order chi connectivity index (χ0) is 17.3. The van der Waals surface area contributed by atoms with Crippen LogP contribution in [0.4, 0.5) is 18.9 Å². The normalized spacial score (nSPS) is 16.3. The van der Waals surface area contributed by atoms with Crippen molar-refractivity contribution in [2.24, 2.45) is 0 Å². The van der Waals surface area contributed by atoms with Crippen LogP contribution in [-0.2, 0) is 21.2 Å². The van der Waals surface area contributed by atoms with Crippen molar-refractivity contribution < 1.29 is 31.5 Å². The molecule has 1 unspecified atom stereocenters. The van der Waals surface area contributed by atoms with E-state index in [0.29, 0.717) is 18.5 Å². The highest BCUT2D eigenvalue weighted by Gasteiger charge is 2.44. The molecule has 0 spiro atoms. The van der Waals surface area contributed by atoms with Crippen LogP contribution < -0.4 is 10.0 Å². The second kappa shape index (κ2) is 6.36. The lowest BCUT2D eigenvalue weighted by atomic mass is 10.0. The Balaban J connectivity index is 2.36. The van der Waals surface area contributed by atoms with Crippen LogP contribution in [0.25, 0.3) is 0 Å². The Morgan fingerprint density at radius 2 is 2.09 bits per heavy atom. The van der Waals surface area contributed by atoms with Gasteiger partial charge < -0.3 is 10.4 Å². The van der Waals surface area contributed by atoms with Gasteiger partial charge in [-0.25, -0.2) is 8.42 Å². The average molecular weight is 352 g/mol. The number of alkyl halides is 3. The number of rotatable bonds is 5. The molecule has 0 amide bonds. The third-order valence-corrected chi connectivity index (χ3v) is 4.91. The number of hydrogen-bond donors (Lipinski definition) is 3. The second-order valence-electron chi connectivity index (χ2n) is 5.13. The molecule has 10 heteroatoms. The zero-order valence-electron chi connectivity index (χ0n) is 11.9. The number of carbonyl (C=O) groups is 1. The summed E-state index contributed by atoms with van der Waals surface area (Å²) in [6, 6.07) is 1.64. The van der Waals surface area contributed by atoms with Crippen LogP contribution in [0.1, 0.15) is 18.4 Å². The Hall–Kier alpha value is -1.81. The number of carboxylic acids is 1. The van der Waals surface area contributed by atoms with Gasteiger partial charge in [-0.2, -0.15) is 17.9 Å². The minimum absolute atomic E-state index is 0.266. The number of aliphatic carboxylic acids is 1. The van der Waals surface area contributed by atoms with Gasteiger partial charge in [-0.05, 0) is 24.5 Å². The van der Waals surface area contributed by atoms with E-state index in [1.807, 2.05) is 0 Å². The number of carboxylic acid groups (broad SMARTS) is 1. The molecule has 0 saturated carbocycles. The summed E-state index contributed by atoms with van der Waals surface area (Å²) in [5, 5.41) is 11.4. The minimum Gasteiger partial charge on any atom is -0.481 e. The molecule has 0 bridgehead atoms.